The Kier molecular flexibility index (Phi) is 5.10. The molecule has 0 spiro atoms. The van der Waals surface area contributed by atoms with Gasteiger partial charge in [0.1, 0.15) is 5.75 Å². The van der Waals surface area contributed by atoms with Crippen LogP contribution in [0.2, 0.25) is 0 Å². The highest BCUT2D eigenvalue weighted by Gasteiger charge is 2.33. The Hall–Kier alpha value is -3.34. The molecule has 0 bridgehead atoms. The molecule has 28 heavy (non-hydrogen) atoms. The SMILES string of the molecule is O=C1NC(=O)/C(=C/c2cccc(Oc3ccc(C(F)(F)F)cc3[N+](=O)[O-])c2)S1. The third kappa shape index (κ3) is 4.31. The van der Waals surface area contributed by atoms with E-state index in [1.807, 2.05) is 0 Å². The highest BCUT2D eigenvalue weighted by Crippen LogP contribution is 2.38. The van der Waals surface area contributed by atoms with Crippen LogP contribution in [-0.4, -0.2) is 16.1 Å². The molecule has 3 rings (SSSR count). The second-order valence-corrected chi connectivity index (χ2v) is 6.48. The van der Waals surface area contributed by atoms with Crippen molar-refractivity contribution in [3.63, 3.8) is 0 Å². The first-order chi connectivity index (χ1) is 13.1. The zero-order valence-electron chi connectivity index (χ0n) is 13.6. The predicted octanol–water partition coefficient (Wildman–Crippen LogP) is 4.73. The number of ether oxygens (including phenoxy) is 1. The average molecular weight is 410 g/mol. The fourth-order valence-corrected chi connectivity index (χ4v) is 2.97. The van der Waals surface area contributed by atoms with Crippen LogP contribution in [0.5, 0.6) is 11.5 Å². The van der Waals surface area contributed by atoms with Crippen molar-refractivity contribution in [3.05, 3.63) is 68.6 Å². The summed E-state index contributed by atoms with van der Waals surface area (Å²) in [5, 5.41) is 12.7. The molecule has 11 heteroatoms. The first-order valence-electron chi connectivity index (χ1n) is 7.52. The van der Waals surface area contributed by atoms with Gasteiger partial charge in [-0.15, -0.1) is 0 Å². The van der Waals surface area contributed by atoms with E-state index in [1.165, 1.54) is 24.3 Å². The number of nitro groups is 1. The van der Waals surface area contributed by atoms with Gasteiger partial charge >= 0.3 is 11.9 Å². The molecule has 0 aromatic heterocycles. The third-order valence-electron chi connectivity index (χ3n) is 3.51. The maximum Gasteiger partial charge on any atom is 0.416 e. The zero-order chi connectivity index (χ0) is 20.5. The lowest BCUT2D eigenvalue weighted by Gasteiger charge is -2.10. The lowest BCUT2D eigenvalue weighted by atomic mass is 10.1. The second kappa shape index (κ2) is 7.35. The van der Waals surface area contributed by atoms with Crippen LogP contribution < -0.4 is 10.1 Å². The largest absolute Gasteiger partial charge is 0.450 e. The van der Waals surface area contributed by atoms with Crippen LogP contribution in [0.15, 0.2) is 47.4 Å². The Balaban J connectivity index is 1.90. The molecule has 1 N–H and O–H groups in total. The molecule has 0 aliphatic carbocycles. The van der Waals surface area contributed by atoms with Gasteiger partial charge in [-0.2, -0.15) is 13.2 Å². The number of nitrogens with one attached hydrogen (secondary N) is 1. The molecule has 0 saturated carbocycles. The van der Waals surface area contributed by atoms with Crippen molar-refractivity contribution in [1.82, 2.24) is 5.32 Å². The van der Waals surface area contributed by atoms with Crippen LogP contribution in [-0.2, 0) is 11.0 Å². The van der Waals surface area contributed by atoms with Crippen molar-refractivity contribution < 1.29 is 32.4 Å². The molecule has 1 heterocycles. The van der Waals surface area contributed by atoms with Crippen molar-refractivity contribution in [2.75, 3.05) is 0 Å². The fraction of sp³-hybridized carbons (Fsp3) is 0.0588. The Morgan fingerprint density at radius 2 is 1.89 bits per heavy atom. The van der Waals surface area contributed by atoms with Gasteiger partial charge in [0.05, 0.1) is 15.4 Å². The van der Waals surface area contributed by atoms with Gasteiger partial charge < -0.3 is 4.74 Å². The number of amides is 2. The van der Waals surface area contributed by atoms with E-state index in [-0.39, 0.29) is 16.4 Å². The van der Waals surface area contributed by atoms with Crippen molar-refractivity contribution in [1.29, 1.82) is 0 Å². The van der Waals surface area contributed by atoms with E-state index in [4.69, 9.17) is 4.74 Å². The molecular weight excluding hydrogens is 401 g/mol. The van der Waals surface area contributed by atoms with E-state index < -0.39 is 33.5 Å². The van der Waals surface area contributed by atoms with E-state index in [2.05, 4.69) is 5.32 Å². The first-order valence-corrected chi connectivity index (χ1v) is 8.33. The fourth-order valence-electron chi connectivity index (χ4n) is 2.29. The van der Waals surface area contributed by atoms with Crippen molar-refractivity contribution in [2.45, 2.75) is 6.18 Å². The number of carbonyl (C=O) groups is 2. The molecule has 7 nitrogen and oxygen atoms in total. The standard InChI is InChI=1S/C17H9F3N2O5S/c18-17(19,20)10-4-5-13(12(8-10)22(25)26)27-11-3-1-2-9(6-11)7-14-15(23)21-16(24)28-14/h1-8H,(H,21,23,24)/b14-7-. The van der Waals surface area contributed by atoms with Gasteiger partial charge in [-0.05, 0) is 47.7 Å². The minimum atomic E-state index is -4.73. The monoisotopic (exact) mass is 410 g/mol. The van der Waals surface area contributed by atoms with Crippen molar-refractivity contribution >= 4 is 34.7 Å². The van der Waals surface area contributed by atoms with E-state index in [0.717, 1.165) is 6.07 Å². The lowest BCUT2D eigenvalue weighted by molar-refractivity contribution is -0.385. The number of carbonyl (C=O) groups excluding carboxylic acids is 2. The summed E-state index contributed by atoms with van der Waals surface area (Å²) in [5.41, 5.74) is -1.55. The highest BCUT2D eigenvalue weighted by molar-refractivity contribution is 8.18. The van der Waals surface area contributed by atoms with E-state index in [0.29, 0.717) is 29.5 Å². The number of rotatable bonds is 4. The van der Waals surface area contributed by atoms with Gasteiger partial charge in [-0.3, -0.25) is 25.0 Å². The summed E-state index contributed by atoms with van der Waals surface area (Å²) >= 11 is 0.713. The zero-order valence-corrected chi connectivity index (χ0v) is 14.5. The van der Waals surface area contributed by atoms with Gasteiger partial charge in [0.25, 0.3) is 11.1 Å². The number of nitro benzene ring substituents is 1. The Morgan fingerprint density at radius 3 is 2.50 bits per heavy atom. The second-order valence-electron chi connectivity index (χ2n) is 5.46. The summed E-state index contributed by atoms with van der Waals surface area (Å²) < 4.78 is 43.7. The highest BCUT2D eigenvalue weighted by atomic mass is 32.2. The molecule has 1 aliphatic heterocycles. The third-order valence-corrected chi connectivity index (χ3v) is 4.32. The molecule has 1 saturated heterocycles. The summed E-state index contributed by atoms with van der Waals surface area (Å²) in [7, 11) is 0. The maximum atomic E-state index is 12.8. The number of alkyl halides is 3. The minimum Gasteiger partial charge on any atom is -0.450 e. The Labute approximate surface area is 159 Å². The number of imide groups is 1. The smallest absolute Gasteiger partial charge is 0.416 e. The molecule has 0 unspecified atom stereocenters. The summed E-state index contributed by atoms with van der Waals surface area (Å²) in [5.74, 6) is -0.822. The normalized spacial score (nSPS) is 15.6. The van der Waals surface area contributed by atoms with Crippen LogP contribution in [0.25, 0.3) is 6.08 Å². The van der Waals surface area contributed by atoms with Crippen LogP contribution in [0.1, 0.15) is 11.1 Å². The summed E-state index contributed by atoms with van der Waals surface area (Å²) in [4.78, 5) is 33.1. The summed E-state index contributed by atoms with van der Waals surface area (Å²) in [6.07, 6.45) is -3.31. The first kappa shape index (κ1) is 19.4. The topological polar surface area (TPSA) is 98.5 Å². The van der Waals surface area contributed by atoms with Crippen molar-refractivity contribution in [3.8, 4) is 11.5 Å². The Morgan fingerprint density at radius 1 is 1.14 bits per heavy atom. The quantitative estimate of drug-likeness (QED) is 0.445. The lowest BCUT2D eigenvalue weighted by Crippen LogP contribution is -2.17. The number of halogens is 3. The van der Waals surface area contributed by atoms with Gasteiger partial charge in [-0.1, -0.05) is 12.1 Å². The number of benzene rings is 2. The predicted molar refractivity (Wildman–Crippen MR) is 93.7 cm³/mol. The summed E-state index contributed by atoms with van der Waals surface area (Å²) in [6, 6.07) is 7.92. The van der Waals surface area contributed by atoms with E-state index >= 15 is 0 Å². The molecule has 2 aromatic carbocycles. The van der Waals surface area contributed by atoms with E-state index in [1.54, 1.807) is 6.07 Å². The molecule has 0 atom stereocenters. The average Bonchev–Trinajstić information content (AvgIpc) is 2.91. The molecular formula is C17H9F3N2O5S. The number of nitrogens with zero attached hydrogens (tertiary/aromatic N) is 1. The van der Waals surface area contributed by atoms with Crippen LogP contribution in [0.4, 0.5) is 23.7 Å². The van der Waals surface area contributed by atoms with E-state index in [9.17, 15) is 32.9 Å². The van der Waals surface area contributed by atoms with Crippen LogP contribution in [0.3, 0.4) is 0 Å². The van der Waals surface area contributed by atoms with Gasteiger partial charge in [-0.25, -0.2) is 0 Å². The van der Waals surface area contributed by atoms with Gasteiger partial charge in [0.2, 0.25) is 5.75 Å². The molecule has 1 fully saturated rings. The van der Waals surface area contributed by atoms with Crippen LogP contribution in [0, 0.1) is 10.1 Å². The summed E-state index contributed by atoms with van der Waals surface area (Å²) in [6.45, 7) is 0. The molecule has 1 aliphatic rings. The van der Waals surface area contributed by atoms with Gasteiger partial charge in [0.15, 0.2) is 0 Å². The molecule has 0 radical (unpaired) electrons. The minimum absolute atomic E-state index is 0.104. The van der Waals surface area contributed by atoms with Gasteiger partial charge in [0, 0.05) is 6.07 Å². The maximum absolute atomic E-state index is 12.8. The molecule has 2 amide bonds. The van der Waals surface area contributed by atoms with Crippen LogP contribution >= 0.6 is 11.8 Å². The molecule has 2 aromatic rings. The Bertz CT molecular complexity index is 1020. The van der Waals surface area contributed by atoms with Crippen molar-refractivity contribution in [2.24, 2.45) is 0 Å². The number of thioether (sulfide) groups is 1. The number of hydrogen-bond acceptors (Lipinski definition) is 6. The molecule has 144 valence electrons. The number of hydrogen-bond donors (Lipinski definition) is 1.